The summed E-state index contributed by atoms with van der Waals surface area (Å²) in [7, 11) is 0. The lowest BCUT2D eigenvalue weighted by Crippen LogP contribution is -2.34. The first kappa shape index (κ1) is 18.0. The van der Waals surface area contributed by atoms with E-state index in [1.165, 1.54) is 6.20 Å². The number of carbonyl (C=O) groups excluding carboxylic acids is 1. The average molecular weight is 366 g/mol. The maximum atomic E-state index is 10.7. The fraction of sp³-hybridized carbons (Fsp3) is 0.524. The molecule has 0 aromatic heterocycles. The number of rotatable bonds is 5. The van der Waals surface area contributed by atoms with Crippen LogP contribution in [-0.4, -0.2) is 49.7 Å². The molecule has 6 heteroatoms. The van der Waals surface area contributed by atoms with E-state index in [-0.39, 0.29) is 18.0 Å². The smallest absolute Gasteiger partial charge is 0.123 e. The molecule has 2 atom stereocenters. The molecule has 4 aliphatic rings. The second-order valence-corrected chi connectivity index (χ2v) is 7.65. The molecule has 4 rings (SSSR count). The Bertz CT molecular complexity index is 750. The second-order valence-electron chi connectivity index (χ2n) is 7.65. The molecule has 142 valence electrons. The summed E-state index contributed by atoms with van der Waals surface area (Å²) in [5, 5.41) is 0. The minimum Gasteiger partial charge on any atom is -0.404 e. The van der Waals surface area contributed by atoms with Crippen molar-refractivity contribution in [2.75, 3.05) is 13.2 Å². The second kappa shape index (κ2) is 8.13. The molecule has 2 aliphatic heterocycles. The third-order valence-corrected chi connectivity index (χ3v) is 5.93. The summed E-state index contributed by atoms with van der Waals surface area (Å²) in [5.41, 5.74) is 8.32. The average Bonchev–Trinajstić information content (AvgIpc) is 2.69. The van der Waals surface area contributed by atoms with Crippen LogP contribution in [0.5, 0.6) is 0 Å². The van der Waals surface area contributed by atoms with Crippen LogP contribution in [0.2, 0.25) is 0 Å². The normalized spacial score (nSPS) is 34.0. The zero-order valence-corrected chi connectivity index (χ0v) is 15.4. The van der Waals surface area contributed by atoms with Gasteiger partial charge in [0.25, 0.3) is 0 Å². The van der Waals surface area contributed by atoms with E-state index in [2.05, 4.69) is 17.1 Å². The highest BCUT2D eigenvalue weighted by molar-refractivity contribution is 6.44. The van der Waals surface area contributed by atoms with Crippen LogP contribution in [0.4, 0.5) is 0 Å². The summed E-state index contributed by atoms with van der Waals surface area (Å²) < 4.78 is 5.50. The zero-order valence-electron chi connectivity index (χ0n) is 15.4. The van der Waals surface area contributed by atoms with Gasteiger partial charge in [0.2, 0.25) is 0 Å². The number of aliphatic imine (C=N–C) groups is 3. The largest absolute Gasteiger partial charge is 0.404 e. The van der Waals surface area contributed by atoms with Gasteiger partial charge in [0, 0.05) is 49.3 Å². The van der Waals surface area contributed by atoms with Crippen LogP contribution in [-0.2, 0) is 9.53 Å². The van der Waals surface area contributed by atoms with Crippen LogP contribution in [0.1, 0.15) is 25.7 Å². The lowest BCUT2D eigenvalue weighted by atomic mass is 9.78. The number of ether oxygens (including phenoxy) is 1. The van der Waals surface area contributed by atoms with E-state index in [1.54, 1.807) is 6.21 Å². The fourth-order valence-corrected chi connectivity index (χ4v) is 4.18. The van der Waals surface area contributed by atoms with E-state index in [4.69, 9.17) is 20.5 Å². The predicted molar refractivity (Wildman–Crippen MR) is 107 cm³/mol. The summed E-state index contributed by atoms with van der Waals surface area (Å²) in [6.45, 7) is 1.67. The molecule has 2 unspecified atom stereocenters. The molecule has 0 aromatic rings. The Hall–Kier alpha value is -2.34. The van der Waals surface area contributed by atoms with Crippen molar-refractivity contribution in [2.24, 2.45) is 38.5 Å². The number of aldehydes is 1. The van der Waals surface area contributed by atoms with Crippen molar-refractivity contribution in [1.82, 2.24) is 0 Å². The fourth-order valence-electron chi connectivity index (χ4n) is 4.18. The quantitative estimate of drug-likeness (QED) is 0.598. The van der Waals surface area contributed by atoms with Crippen molar-refractivity contribution in [1.29, 1.82) is 0 Å². The number of allylic oxidation sites excluding steroid dienone is 3. The van der Waals surface area contributed by atoms with Crippen LogP contribution in [0.15, 0.2) is 50.7 Å². The summed E-state index contributed by atoms with van der Waals surface area (Å²) in [4.78, 5) is 24.9. The van der Waals surface area contributed by atoms with Gasteiger partial charge in [-0.05, 0) is 37.7 Å². The Morgan fingerprint density at radius 1 is 1.30 bits per heavy atom. The van der Waals surface area contributed by atoms with Gasteiger partial charge in [0.15, 0.2) is 0 Å². The van der Waals surface area contributed by atoms with Gasteiger partial charge < -0.3 is 15.3 Å². The highest BCUT2D eigenvalue weighted by Crippen LogP contribution is 2.36. The SMILES string of the molecule is NC=C(C=NC1CC(C=O)C1)C1=NC2=CC=CC(C3CCOCC3)C2N=C1. The molecule has 2 heterocycles. The monoisotopic (exact) mass is 366 g/mol. The van der Waals surface area contributed by atoms with Crippen molar-refractivity contribution >= 4 is 24.4 Å². The number of nitrogens with two attached hydrogens (primary N) is 1. The summed E-state index contributed by atoms with van der Waals surface area (Å²) >= 11 is 0. The summed E-state index contributed by atoms with van der Waals surface area (Å²) in [5.74, 6) is 1.13. The number of fused-ring (bicyclic) bond motifs is 1. The summed E-state index contributed by atoms with van der Waals surface area (Å²) in [6, 6.07) is 0.288. The lowest BCUT2D eigenvalue weighted by Gasteiger charge is -2.35. The van der Waals surface area contributed by atoms with Gasteiger partial charge in [-0.3, -0.25) is 9.98 Å². The van der Waals surface area contributed by atoms with E-state index in [0.717, 1.165) is 62.2 Å². The number of nitrogens with zero attached hydrogens (tertiary/aromatic N) is 3. The van der Waals surface area contributed by atoms with Crippen LogP contribution in [0.25, 0.3) is 0 Å². The van der Waals surface area contributed by atoms with Gasteiger partial charge in [0.1, 0.15) is 6.29 Å². The highest BCUT2D eigenvalue weighted by Gasteiger charge is 2.34. The van der Waals surface area contributed by atoms with Crippen LogP contribution in [0.3, 0.4) is 0 Å². The van der Waals surface area contributed by atoms with E-state index in [9.17, 15) is 4.79 Å². The Morgan fingerprint density at radius 2 is 2.11 bits per heavy atom. The Labute approximate surface area is 159 Å². The lowest BCUT2D eigenvalue weighted by molar-refractivity contribution is -0.113. The highest BCUT2D eigenvalue weighted by atomic mass is 16.5. The first-order valence-corrected chi connectivity index (χ1v) is 9.77. The number of carbonyl (C=O) groups is 1. The first-order valence-electron chi connectivity index (χ1n) is 9.77. The molecule has 27 heavy (non-hydrogen) atoms. The van der Waals surface area contributed by atoms with Gasteiger partial charge in [-0.15, -0.1) is 0 Å². The van der Waals surface area contributed by atoms with Crippen molar-refractivity contribution in [3.8, 4) is 0 Å². The molecular formula is C21H26N4O2. The number of hydrogen-bond acceptors (Lipinski definition) is 6. The van der Waals surface area contributed by atoms with E-state index in [1.807, 2.05) is 12.3 Å². The Kier molecular flexibility index (Phi) is 5.43. The van der Waals surface area contributed by atoms with Gasteiger partial charge in [-0.2, -0.15) is 0 Å². The van der Waals surface area contributed by atoms with E-state index < -0.39 is 0 Å². The van der Waals surface area contributed by atoms with Crippen molar-refractivity contribution < 1.29 is 9.53 Å². The molecule has 2 aliphatic carbocycles. The topological polar surface area (TPSA) is 89.4 Å². The molecule has 0 radical (unpaired) electrons. The van der Waals surface area contributed by atoms with Gasteiger partial charge >= 0.3 is 0 Å². The third-order valence-electron chi connectivity index (χ3n) is 5.93. The molecule has 2 N–H and O–H groups in total. The number of hydrogen-bond donors (Lipinski definition) is 1. The van der Waals surface area contributed by atoms with Crippen LogP contribution < -0.4 is 5.73 Å². The third kappa shape index (κ3) is 3.86. The molecule has 2 fully saturated rings. The van der Waals surface area contributed by atoms with Crippen LogP contribution in [0, 0.1) is 17.8 Å². The Morgan fingerprint density at radius 3 is 2.85 bits per heavy atom. The first-order chi connectivity index (χ1) is 13.3. The van der Waals surface area contributed by atoms with Gasteiger partial charge in [0.05, 0.1) is 23.5 Å². The summed E-state index contributed by atoms with van der Waals surface area (Å²) in [6.07, 6.45) is 16.4. The van der Waals surface area contributed by atoms with Crippen molar-refractivity contribution in [2.45, 2.75) is 37.8 Å². The van der Waals surface area contributed by atoms with Crippen molar-refractivity contribution in [3.63, 3.8) is 0 Å². The minimum atomic E-state index is 0.0813. The molecule has 0 amide bonds. The molecule has 1 saturated carbocycles. The van der Waals surface area contributed by atoms with Gasteiger partial charge in [-0.1, -0.05) is 12.2 Å². The molecule has 6 nitrogen and oxygen atoms in total. The molecule has 0 spiro atoms. The van der Waals surface area contributed by atoms with Crippen LogP contribution >= 0.6 is 0 Å². The predicted octanol–water partition coefficient (Wildman–Crippen LogP) is 2.27. The van der Waals surface area contributed by atoms with E-state index >= 15 is 0 Å². The van der Waals surface area contributed by atoms with Crippen molar-refractivity contribution in [3.05, 3.63) is 35.7 Å². The standard InChI is InChI=1S/C21H26N4O2/c22-10-16(11-23-17-8-14(9-17)13-26)20-12-24-21-18(2-1-3-19(21)25-20)15-4-6-27-7-5-15/h1-3,10-15,17-18,21H,4-9,22H2. The molecule has 0 aromatic carbocycles. The zero-order chi connectivity index (χ0) is 18.6. The maximum Gasteiger partial charge on any atom is 0.123 e. The molecule has 1 saturated heterocycles. The maximum absolute atomic E-state index is 10.7. The molecular weight excluding hydrogens is 340 g/mol. The minimum absolute atomic E-state index is 0.0813. The molecule has 0 bridgehead atoms. The van der Waals surface area contributed by atoms with Gasteiger partial charge in [-0.25, -0.2) is 4.99 Å². The van der Waals surface area contributed by atoms with E-state index in [0.29, 0.717) is 11.8 Å². The Balaban J connectivity index is 1.45.